The number of rotatable bonds is 2. The van der Waals surface area contributed by atoms with Crippen molar-refractivity contribution in [3.05, 3.63) is 77.0 Å². The Hall–Kier alpha value is -3.82. The number of fused-ring (bicyclic) bond motifs is 3. The molecule has 0 radical (unpaired) electrons. The van der Waals surface area contributed by atoms with Crippen LogP contribution in [-0.2, 0) is 0 Å². The van der Waals surface area contributed by atoms with Crippen LogP contribution < -0.4 is 21.9 Å². The van der Waals surface area contributed by atoms with Gasteiger partial charge in [-0.05, 0) is 43.5 Å². The third-order valence-electron chi connectivity index (χ3n) is 4.59. The van der Waals surface area contributed by atoms with E-state index in [1.807, 2.05) is 0 Å². The van der Waals surface area contributed by atoms with Crippen molar-refractivity contribution in [3.8, 4) is 5.75 Å². The van der Waals surface area contributed by atoms with Gasteiger partial charge in [0.2, 0.25) is 0 Å². The zero-order chi connectivity index (χ0) is 22.5. The molecule has 3 rings (SSSR count). The third-order valence-corrected chi connectivity index (χ3v) is 4.59. The highest BCUT2D eigenvalue weighted by Gasteiger charge is 2.21. The monoisotopic (exact) mass is 430 g/mol. The number of anilines is 1. The fourth-order valence-electron chi connectivity index (χ4n) is 3.17. The third kappa shape index (κ3) is 4.85. The van der Waals surface area contributed by atoms with Crippen LogP contribution in [0.15, 0.2) is 64.5 Å². The van der Waals surface area contributed by atoms with Gasteiger partial charge in [0.05, 0.1) is 18.0 Å². The molecule has 0 amide bonds. The zero-order valence-corrected chi connectivity index (χ0v) is 16.6. The van der Waals surface area contributed by atoms with Gasteiger partial charge in [0, 0.05) is 34.7 Å². The van der Waals surface area contributed by atoms with Gasteiger partial charge in [-0.1, -0.05) is 0 Å². The number of aliphatic imine (C=N–C) groups is 2. The maximum Gasteiger partial charge on any atom is 0.332 e. The molecule has 31 heavy (non-hydrogen) atoms. The van der Waals surface area contributed by atoms with Crippen LogP contribution in [0.3, 0.4) is 0 Å². The van der Waals surface area contributed by atoms with Crippen molar-refractivity contribution in [1.82, 2.24) is 4.98 Å². The number of ether oxygens (including phenoxy) is 1. The number of pyridine rings is 1. The molecule has 1 aliphatic heterocycles. The Balaban J connectivity index is 2.29. The normalized spacial score (nSPS) is 19.6. The van der Waals surface area contributed by atoms with E-state index in [1.54, 1.807) is 6.92 Å². The van der Waals surface area contributed by atoms with Crippen molar-refractivity contribution < 1.29 is 17.9 Å². The number of nitrogens with zero attached hydrogens (tertiary/aromatic N) is 3. The van der Waals surface area contributed by atoms with Crippen LogP contribution in [0, 0.1) is 5.82 Å². The Morgan fingerprint density at radius 3 is 2.71 bits per heavy atom. The van der Waals surface area contributed by atoms with Gasteiger partial charge in [-0.3, -0.25) is 4.99 Å². The molecule has 10 heteroatoms. The Labute approximate surface area is 176 Å². The van der Waals surface area contributed by atoms with Crippen molar-refractivity contribution in [1.29, 1.82) is 0 Å². The fraction of sp³-hybridized carbons (Fsp3) is 0.190. The minimum atomic E-state index is -2.99. The molecule has 2 bridgehead atoms. The van der Waals surface area contributed by atoms with E-state index in [-0.39, 0.29) is 35.0 Å². The quantitative estimate of drug-likeness (QED) is 0.632. The minimum absolute atomic E-state index is 0.0380. The molecule has 162 valence electrons. The number of alkyl halides is 2. The fourth-order valence-corrected chi connectivity index (χ4v) is 3.17. The van der Waals surface area contributed by atoms with Gasteiger partial charge in [0.15, 0.2) is 11.6 Å². The van der Waals surface area contributed by atoms with Gasteiger partial charge in [0.25, 0.3) is 0 Å². The molecular formula is C21H21F3N6O. The van der Waals surface area contributed by atoms with E-state index >= 15 is 0 Å². The number of allylic oxidation sites excluding steroid dienone is 1. The Morgan fingerprint density at radius 2 is 2.03 bits per heavy atom. The van der Waals surface area contributed by atoms with Crippen molar-refractivity contribution in [3.63, 3.8) is 0 Å². The van der Waals surface area contributed by atoms with Crippen LogP contribution in [0.1, 0.15) is 29.7 Å². The van der Waals surface area contributed by atoms with Crippen molar-refractivity contribution in [2.45, 2.75) is 19.6 Å². The summed E-state index contributed by atoms with van der Waals surface area (Å²) >= 11 is 0. The molecule has 0 unspecified atom stereocenters. The summed E-state index contributed by atoms with van der Waals surface area (Å²) in [6.45, 7) is -1.39. The standard InChI is InChI=1S/C21H21F3N6O/c1-11-16-7-14(22)2-3-15(16)17(4-5-25)28-10-13(8-26)19(30-21(23)24)12-6-18(31-11)20(27)29-9-12/h2-9,11,21H,10,25-26H2,1H3,(H2,27,29)/t11-/m1/s1. The van der Waals surface area contributed by atoms with Gasteiger partial charge in [0.1, 0.15) is 11.9 Å². The number of aromatic nitrogens is 1. The lowest BCUT2D eigenvalue weighted by Crippen LogP contribution is -2.17. The summed E-state index contributed by atoms with van der Waals surface area (Å²) in [7, 11) is 0. The van der Waals surface area contributed by atoms with E-state index in [0.29, 0.717) is 16.8 Å². The zero-order valence-electron chi connectivity index (χ0n) is 16.6. The number of benzene rings is 1. The number of hydrogen-bond acceptors (Lipinski definition) is 7. The maximum atomic E-state index is 14.0. The topological polar surface area (TPSA) is 125 Å². The molecule has 0 aliphatic carbocycles. The van der Waals surface area contributed by atoms with Gasteiger partial charge in [-0.2, -0.15) is 8.78 Å². The average Bonchev–Trinajstić information content (AvgIpc) is 2.73. The lowest BCUT2D eigenvalue weighted by molar-refractivity contribution is 0.160. The number of halogens is 3. The smallest absolute Gasteiger partial charge is 0.332 e. The van der Waals surface area contributed by atoms with Crippen LogP contribution in [0.5, 0.6) is 5.75 Å². The second kappa shape index (κ2) is 9.33. The first kappa shape index (κ1) is 21.9. The maximum absolute atomic E-state index is 14.0. The van der Waals surface area contributed by atoms with E-state index in [1.165, 1.54) is 42.7 Å². The molecule has 7 nitrogen and oxygen atoms in total. The highest BCUT2D eigenvalue weighted by molar-refractivity contribution is 6.14. The van der Waals surface area contributed by atoms with Crippen LogP contribution in [0.2, 0.25) is 0 Å². The molecule has 1 aliphatic rings. The summed E-state index contributed by atoms with van der Waals surface area (Å²) in [5, 5.41) is 0. The minimum Gasteiger partial charge on any atom is -0.482 e. The molecule has 1 atom stereocenters. The summed E-state index contributed by atoms with van der Waals surface area (Å²) in [5.41, 5.74) is 19.0. The summed E-state index contributed by atoms with van der Waals surface area (Å²) < 4.78 is 46.4. The van der Waals surface area contributed by atoms with Crippen molar-refractivity contribution >= 4 is 17.2 Å². The van der Waals surface area contributed by atoms with Gasteiger partial charge >= 0.3 is 6.55 Å². The number of nitrogen functional groups attached to an aromatic ring is 1. The lowest BCUT2D eigenvalue weighted by Gasteiger charge is -2.21. The molecule has 6 N–H and O–H groups in total. The van der Waals surface area contributed by atoms with E-state index < -0.39 is 18.5 Å². The van der Waals surface area contributed by atoms with Gasteiger partial charge in [-0.25, -0.2) is 14.4 Å². The summed E-state index contributed by atoms with van der Waals surface area (Å²) in [6, 6.07) is 5.57. The average molecular weight is 430 g/mol. The molecule has 0 saturated carbocycles. The van der Waals surface area contributed by atoms with Crippen LogP contribution in [0.4, 0.5) is 19.0 Å². The Kier molecular flexibility index (Phi) is 6.58. The number of nitrogens with two attached hydrogens (primary N) is 3. The van der Waals surface area contributed by atoms with E-state index in [4.69, 9.17) is 21.9 Å². The van der Waals surface area contributed by atoms with E-state index in [0.717, 1.165) is 6.20 Å². The molecule has 1 aromatic heterocycles. The Bertz CT molecular complexity index is 1090. The second-order valence-corrected chi connectivity index (χ2v) is 6.61. The molecular weight excluding hydrogens is 409 g/mol. The highest BCUT2D eigenvalue weighted by Crippen LogP contribution is 2.31. The van der Waals surface area contributed by atoms with E-state index in [9.17, 15) is 13.2 Å². The lowest BCUT2D eigenvalue weighted by atomic mass is 9.97. The first-order valence-corrected chi connectivity index (χ1v) is 9.26. The Morgan fingerprint density at radius 1 is 1.26 bits per heavy atom. The number of hydrogen-bond donors (Lipinski definition) is 3. The summed E-state index contributed by atoms with van der Waals surface area (Å²) in [5.74, 6) is -0.297. The van der Waals surface area contributed by atoms with Crippen LogP contribution in [-0.4, -0.2) is 29.5 Å². The summed E-state index contributed by atoms with van der Waals surface area (Å²) in [6.07, 6.45) is 4.55. The second-order valence-electron chi connectivity index (χ2n) is 6.61. The molecule has 0 saturated heterocycles. The highest BCUT2D eigenvalue weighted by atomic mass is 19.3. The van der Waals surface area contributed by atoms with Crippen molar-refractivity contribution in [2.24, 2.45) is 21.5 Å². The van der Waals surface area contributed by atoms with Crippen LogP contribution in [0.25, 0.3) is 0 Å². The molecule has 2 heterocycles. The first-order valence-electron chi connectivity index (χ1n) is 9.26. The molecule has 0 fully saturated rings. The molecule has 1 aromatic carbocycles. The van der Waals surface area contributed by atoms with E-state index in [2.05, 4.69) is 15.0 Å². The van der Waals surface area contributed by atoms with Crippen molar-refractivity contribution in [2.75, 3.05) is 12.3 Å². The predicted octanol–water partition coefficient (Wildman–Crippen LogP) is 3.07. The largest absolute Gasteiger partial charge is 0.482 e. The van der Waals surface area contributed by atoms with Gasteiger partial charge in [-0.15, -0.1) is 0 Å². The van der Waals surface area contributed by atoms with Crippen LogP contribution >= 0.6 is 0 Å². The first-order chi connectivity index (χ1) is 14.8. The SMILES string of the molecule is C[C@H]1Oc2cc(cnc2N)C(=NC(F)F)C(=CN)CN=C(C=CN)c2ccc(F)cc21. The predicted molar refractivity (Wildman–Crippen MR) is 114 cm³/mol. The molecule has 0 spiro atoms. The summed E-state index contributed by atoms with van der Waals surface area (Å²) in [4.78, 5) is 11.9. The molecule has 2 aromatic rings. The van der Waals surface area contributed by atoms with Gasteiger partial charge < -0.3 is 21.9 Å².